The molecule has 1 aliphatic rings. The molecule has 1 saturated heterocycles. The number of alkyl halides is 3. The van der Waals surface area contributed by atoms with Crippen molar-refractivity contribution in [1.29, 1.82) is 0 Å². The number of esters is 1. The average molecular weight is 488 g/mol. The minimum atomic E-state index is -4.60. The highest BCUT2D eigenvalue weighted by Crippen LogP contribution is 2.30. The highest BCUT2D eigenvalue weighted by atomic mass is 32.2. The van der Waals surface area contributed by atoms with E-state index in [0.717, 1.165) is 47.1 Å². The maximum Gasteiger partial charge on any atom is 0.416 e. The van der Waals surface area contributed by atoms with Crippen molar-refractivity contribution in [2.45, 2.75) is 30.3 Å². The summed E-state index contributed by atoms with van der Waals surface area (Å²) in [5.74, 6) is -3.03. The first-order chi connectivity index (χ1) is 15.5. The number of amides is 1. The van der Waals surface area contributed by atoms with Gasteiger partial charge in [-0.1, -0.05) is 12.5 Å². The Balaban J connectivity index is 1.66. The summed E-state index contributed by atoms with van der Waals surface area (Å²) in [5, 5.41) is 2.17. The summed E-state index contributed by atoms with van der Waals surface area (Å²) in [7, 11) is -4.16. The van der Waals surface area contributed by atoms with E-state index >= 15 is 0 Å². The van der Waals surface area contributed by atoms with Crippen LogP contribution in [0.1, 0.15) is 35.2 Å². The normalized spacial score (nSPS) is 15.2. The van der Waals surface area contributed by atoms with Crippen molar-refractivity contribution in [3.63, 3.8) is 0 Å². The van der Waals surface area contributed by atoms with Gasteiger partial charge in [-0.2, -0.15) is 17.5 Å². The third-order valence-electron chi connectivity index (χ3n) is 4.91. The quantitative estimate of drug-likeness (QED) is 0.493. The minimum absolute atomic E-state index is 0.150. The molecule has 2 aromatic rings. The van der Waals surface area contributed by atoms with Crippen LogP contribution in [0, 0.1) is 5.82 Å². The number of hydrogen-bond acceptors (Lipinski definition) is 5. The number of ether oxygens (including phenoxy) is 1. The molecule has 0 spiro atoms. The molecule has 1 fully saturated rings. The molecule has 0 bridgehead atoms. The summed E-state index contributed by atoms with van der Waals surface area (Å²) in [5.41, 5.74) is -1.41. The van der Waals surface area contributed by atoms with Gasteiger partial charge < -0.3 is 10.1 Å². The first kappa shape index (κ1) is 24.6. The Morgan fingerprint density at radius 3 is 2.39 bits per heavy atom. The van der Waals surface area contributed by atoms with E-state index < -0.39 is 51.0 Å². The fourth-order valence-electron chi connectivity index (χ4n) is 3.26. The number of nitrogens with zero attached hydrogens (tertiary/aromatic N) is 1. The maximum atomic E-state index is 14.3. The third-order valence-corrected chi connectivity index (χ3v) is 6.82. The molecule has 1 aliphatic heterocycles. The van der Waals surface area contributed by atoms with E-state index in [-0.39, 0.29) is 24.3 Å². The molecule has 0 aromatic heterocycles. The van der Waals surface area contributed by atoms with Gasteiger partial charge in [0.05, 0.1) is 11.1 Å². The van der Waals surface area contributed by atoms with E-state index in [4.69, 9.17) is 4.74 Å². The van der Waals surface area contributed by atoms with Crippen LogP contribution < -0.4 is 5.32 Å². The van der Waals surface area contributed by atoms with Gasteiger partial charge in [-0.15, -0.1) is 0 Å². The number of carbonyl (C=O) groups is 2. The lowest BCUT2D eigenvalue weighted by molar-refractivity contribution is -0.137. The van der Waals surface area contributed by atoms with Crippen molar-refractivity contribution in [3.05, 3.63) is 59.4 Å². The van der Waals surface area contributed by atoms with Crippen LogP contribution in [-0.2, 0) is 25.7 Å². The molecule has 1 N–H and O–H groups in total. The summed E-state index contributed by atoms with van der Waals surface area (Å²) in [4.78, 5) is 23.6. The molecule has 1 amide bonds. The van der Waals surface area contributed by atoms with Gasteiger partial charge in [0.15, 0.2) is 6.61 Å². The van der Waals surface area contributed by atoms with Crippen molar-refractivity contribution in [3.8, 4) is 0 Å². The van der Waals surface area contributed by atoms with Crippen molar-refractivity contribution in [2.24, 2.45) is 0 Å². The fraction of sp³-hybridized carbons (Fsp3) is 0.333. The summed E-state index contributed by atoms with van der Waals surface area (Å²) in [6.45, 7) is -0.362. The van der Waals surface area contributed by atoms with Crippen molar-refractivity contribution in [1.82, 2.24) is 4.31 Å². The van der Waals surface area contributed by atoms with Crippen molar-refractivity contribution < 1.29 is 40.3 Å². The fourth-order valence-corrected chi connectivity index (χ4v) is 4.86. The van der Waals surface area contributed by atoms with Gasteiger partial charge in [0.1, 0.15) is 10.7 Å². The first-order valence-electron chi connectivity index (χ1n) is 9.92. The Morgan fingerprint density at radius 2 is 1.73 bits per heavy atom. The van der Waals surface area contributed by atoms with Gasteiger partial charge in [0, 0.05) is 18.8 Å². The van der Waals surface area contributed by atoms with Crippen molar-refractivity contribution in [2.75, 3.05) is 25.0 Å². The van der Waals surface area contributed by atoms with Crippen LogP contribution in [0.3, 0.4) is 0 Å². The van der Waals surface area contributed by atoms with E-state index in [2.05, 4.69) is 5.32 Å². The molecule has 178 valence electrons. The van der Waals surface area contributed by atoms with E-state index in [1.165, 1.54) is 6.07 Å². The zero-order chi connectivity index (χ0) is 24.2. The third kappa shape index (κ3) is 6.08. The number of sulfonamides is 1. The zero-order valence-electron chi connectivity index (χ0n) is 17.2. The lowest BCUT2D eigenvalue weighted by atomic mass is 10.2. The highest BCUT2D eigenvalue weighted by Gasteiger charge is 2.31. The standard InChI is InChI=1S/C21H20F4N2O5S/c22-17-8-7-14(11-18(17)33(30,31)27-9-2-1-3-10-27)20(29)32-13-19(28)26-16-6-4-5-15(12-16)21(23,24)25/h4-8,11-12H,1-3,9-10,13H2,(H,26,28). The Bertz CT molecular complexity index is 1150. The van der Waals surface area contributed by atoms with Gasteiger partial charge in [-0.25, -0.2) is 17.6 Å². The van der Waals surface area contributed by atoms with E-state index in [9.17, 15) is 35.6 Å². The molecular formula is C21H20F4N2O5S. The summed E-state index contributed by atoms with van der Waals surface area (Å²) >= 11 is 0. The van der Waals surface area contributed by atoms with Crippen LogP contribution in [0.2, 0.25) is 0 Å². The second kappa shape index (κ2) is 9.87. The van der Waals surface area contributed by atoms with E-state index in [1.807, 2.05) is 0 Å². The van der Waals surface area contributed by atoms with E-state index in [0.29, 0.717) is 12.8 Å². The molecule has 0 saturated carbocycles. The smallest absolute Gasteiger partial charge is 0.416 e. The van der Waals surface area contributed by atoms with Crippen molar-refractivity contribution >= 4 is 27.6 Å². The number of nitrogens with one attached hydrogen (secondary N) is 1. The first-order valence-corrected chi connectivity index (χ1v) is 11.4. The Morgan fingerprint density at radius 1 is 1.03 bits per heavy atom. The van der Waals surface area contributed by atoms with Crippen LogP contribution in [0.25, 0.3) is 0 Å². The summed E-state index contributed by atoms with van der Waals surface area (Å²) in [6, 6.07) is 6.55. The maximum absolute atomic E-state index is 14.3. The number of hydrogen-bond donors (Lipinski definition) is 1. The van der Waals surface area contributed by atoms with Crippen LogP contribution >= 0.6 is 0 Å². The molecular weight excluding hydrogens is 468 g/mol. The molecule has 0 atom stereocenters. The minimum Gasteiger partial charge on any atom is -0.452 e. The van der Waals surface area contributed by atoms with E-state index in [1.54, 1.807) is 0 Å². The zero-order valence-corrected chi connectivity index (χ0v) is 18.0. The molecule has 3 rings (SSSR count). The van der Waals surface area contributed by atoms with Gasteiger partial charge in [-0.3, -0.25) is 4.79 Å². The number of halogens is 4. The number of carbonyl (C=O) groups excluding carboxylic acids is 2. The number of rotatable bonds is 6. The molecule has 1 heterocycles. The second-order valence-electron chi connectivity index (χ2n) is 7.31. The predicted octanol–water partition coefficient (Wildman–Crippen LogP) is 3.81. The number of benzene rings is 2. The van der Waals surface area contributed by atoms with Crippen LogP contribution in [0.4, 0.5) is 23.2 Å². The second-order valence-corrected chi connectivity index (χ2v) is 9.22. The SMILES string of the molecule is O=C(COC(=O)c1ccc(F)c(S(=O)(=O)N2CCCCC2)c1)Nc1cccc(C(F)(F)F)c1. The number of piperidine rings is 1. The van der Waals surface area contributed by atoms with Crippen LogP contribution in [0.5, 0.6) is 0 Å². The van der Waals surface area contributed by atoms with Gasteiger partial charge in [-0.05, 0) is 49.2 Å². The number of anilines is 1. The van der Waals surface area contributed by atoms with Gasteiger partial charge in [0.2, 0.25) is 10.0 Å². The van der Waals surface area contributed by atoms with Crippen LogP contribution in [0.15, 0.2) is 47.4 Å². The molecule has 12 heteroatoms. The average Bonchev–Trinajstić information content (AvgIpc) is 2.78. The topological polar surface area (TPSA) is 92.8 Å². The van der Waals surface area contributed by atoms with Crippen LogP contribution in [-0.4, -0.2) is 44.3 Å². The molecule has 0 radical (unpaired) electrons. The lowest BCUT2D eigenvalue weighted by Gasteiger charge is -2.26. The Labute approximate surface area is 187 Å². The van der Waals surface area contributed by atoms with Gasteiger partial charge in [0.25, 0.3) is 5.91 Å². The Kier molecular flexibility index (Phi) is 7.38. The highest BCUT2D eigenvalue weighted by molar-refractivity contribution is 7.89. The summed E-state index contributed by atoms with van der Waals surface area (Å²) in [6.07, 6.45) is -2.45. The summed E-state index contributed by atoms with van der Waals surface area (Å²) < 4.78 is 84.0. The molecule has 2 aromatic carbocycles. The lowest BCUT2D eigenvalue weighted by Crippen LogP contribution is -2.36. The monoisotopic (exact) mass is 488 g/mol. The molecule has 0 unspecified atom stereocenters. The largest absolute Gasteiger partial charge is 0.452 e. The molecule has 33 heavy (non-hydrogen) atoms. The molecule has 0 aliphatic carbocycles. The molecule has 7 nitrogen and oxygen atoms in total. The Hall–Kier alpha value is -2.99. The van der Waals surface area contributed by atoms with Gasteiger partial charge >= 0.3 is 12.1 Å². The predicted molar refractivity (Wildman–Crippen MR) is 109 cm³/mol.